The molecule has 1 amide bonds. The summed E-state index contributed by atoms with van der Waals surface area (Å²) in [5.74, 6) is 0.200. The number of nitrogens with zero attached hydrogens (tertiary/aromatic N) is 4. The van der Waals surface area contributed by atoms with Gasteiger partial charge < -0.3 is 9.88 Å². The summed E-state index contributed by atoms with van der Waals surface area (Å²) in [6.45, 7) is 0. The molecular weight excluding hydrogens is 349 g/mol. The van der Waals surface area contributed by atoms with Crippen molar-refractivity contribution in [2.75, 3.05) is 14.1 Å². The molecule has 0 unspecified atom stereocenters. The van der Waals surface area contributed by atoms with E-state index < -0.39 is 0 Å². The molecule has 7 nitrogen and oxygen atoms in total. The van der Waals surface area contributed by atoms with Crippen LogP contribution < -0.4 is 5.56 Å². The number of carbonyl (C=O) groups excluding carboxylic acids is 1. The lowest BCUT2D eigenvalue weighted by Crippen LogP contribution is -2.22. The van der Waals surface area contributed by atoms with Gasteiger partial charge in [-0.05, 0) is 28.7 Å². The number of aromatic nitrogens is 4. The van der Waals surface area contributed by atoms with Crippen LogP contribution in [0.4, 0.5) is 0 Å². The van der Waals surface area contributed by atoms with Gasteiger partial charge in [0.25, 0.3) is 11.5 Å². The molecule has 0 saturated carbocycles. The molecule has 0 aromatic carbocycles. The zero-order chi connectivity index (χ0) is 13.3. The molecule has 0 atom stereocenters. The van der Waals surface area contributed by atoms with Crippen LogP contribution in [-0.4, -0.2) is 44.7 Å². The van der Waals surface area contributed by atoms with Crippen LogP contribution >= 0.6 is 22.6 Å². The molecule has 2 heterocycles. The molecule has 2 aromatic rings. The topological polar surface area (TPSA) is 83.9 Å². The van der Waals surface area contributed by atoms with Crippen molar-refractivity contribution in [3.8, 4) is 5.82 Å². The summed E-state index contributed by atoms with van der Waals surface area (Å²) in [5.41, 5.74) is 0.0643. The summed E-state index contributed by atoms with van der Waals surface area (Å²) in [7, 11) is 3.30. The first-order valence-corrected chi connectivity index (χ1v) is 6.09. The summed E-state index contributed by atoms with van der Waals surface area (Å²) in [5, 5.41) is 4.11. The minimum atomic E-state index is -0.239. The highest BCUT2D eigenvalue weighted by Crippen LogP contribution is 2.09. The highest BCUT2D eigenvalue weighted by atomic mass is 127. The standard InChI is InChI=1S/C10H10IN5O2/c1-15(2)10(18)6-3-4-16(14-6)8-7(11)9(17)13-5-12-8/h3-5H,1-2H3,(H,12,13,17). The van der Waals surface area contributed by atoms with Gasteiger partial charge in [0.15, 0.2) is 11.5 Å². The Morgan fingerprint density at radius 1 is 1.50 bits per heavy atom. The van der Waals surface area contributed by atoms with E-state index in [1.54, 1.807) is 26.4 Å². The fraction of sp³-hybridized carbons (Fsp3) is 0.200. The number of rotatable bonds is 2. The van der Waals surface area contributed by atoms with E-state index in [0.29, 0.717) is 15.1 Å². The molecule has 94 valence electrons. The molecule has 0 bridgehead atoms. The zero-order valence-electron chi connectivity index (χ0n) is 9.72. The molecule has 1 N–H and O–H groups in total. The Hall–Kier alpha value is -1.71. The maximum Gasteiger partial charge on any atom is 0.273 e. The average Bonchev–Trinajstić information content (AvgIpc) is 2.80. The van der Waals surface area contributed by atoms with Gasteiger partial charge in [0.05, 0.1) is 6.33 Å². The maximum absolute atomic E-state index is 11.7. The SMILES string of the molecule is CN(C)C(=O)c1ccn(-c2nc[nH]c(=O)c2I)n1. The van der Waals surface area contributed by atoms with Crippen molar-refractivity contribution in [2.24, 2.45) is 0 Å². The maximum atomic E-state index is 11.7. The predicted molar refractivity (Wildman–Crippen MR) is 72.7 cm³/mol. The molecular formula is C10H10IN5O2. The van der Waals surface area contributed by atoms with E-state index in [-0.39, 0.29) is 11.5 Å². The second kappa shape index (κ2) is 4.88. The highest BCUT2D eigenvalue weighted by Gasteiger charge is 2.14. The molecule has 0 aliphatic rings. The van der Waals surface area contributed by atoms with Gasteiger partial charge in [-0.25, -0.2) is 9.67 Å². The van der Waals surface area contributed by atoms with Gasteiger partial charge in [0.2, 0.25) is 0 Å². The zero-order valence-corrected chi connectivity index (χ0v) is 11.9. The van der Waals surface area contributed by atoms with Crippen molar-refractivity contribution in [2.45, 2.75) is 0 Å². The molecule has 0 saturated heterocycles. The molecule has 8 heteroatoms. The average molecular weight is 359 g/mol. The highest BCUT2D eigenvalue weighted by molar-refractivity contribution is 14.1. The first-order valence-electron chi connectivity index (χ1n) is 5.01. The Labute approximate surface area is 116 Å². The smallest absolute Gasteiger partial charge is 0.273 e. The van der Waals surface area contributed by atoms with Crippen molar-refractivity contribution >= 4 is 28.5 Å². The number of carbonyl (C=O) groups is 1. The fourth-order valence-electron chi connectivity index (χ4n) is 1.32. The first kappa shape index (κ1) is 12.7. The lowest BCUT2D eigenvalue weighted by molar-refractivity contribution is 0.0821. The Morgan fingerprint density at radius 3 is 2.89 bits per heavy atom. The second-order valence-corrected chi connectivity index (χ2v) is 4.79. The van der Waals surface area contributed by atoms with E-state index >= 15 is 0 Å². The Morgan fingerprint density at radius 2 is 2.22 bits per heavy atom. The largest absolute Gasteiger partial charge is 0.343 e. The number of halogens is 1. The number of hydrogen-bond acceptors (Lipinski definition) is 4. The summed E-state index contributed by atoms with van der Waals surface area (Å²) in [6, 6.07) is 1.58. The van der Waals surface area contributed by atoms with E-state index in [4.69, 9.17) is 0 Å². The second-order valence-electron chi connectivity index (χ2n) is 3.71. The summed E-state index contributed by atoms with van der Waals surface area (Å²) in [6.07, 6.45) is 2.90. The quantitative estimate of drug-likeness (QED) is 0.780. The third-order valence-corrected chi connectivity index (χ3v) is 3.18. The molecule has 2 rings (SSSR count). The van der Waals surface area contributed by atoms with E-state index in [9.17, 15) is 9.59 Å². The Bertz CT molecular complexity index is 646. The van der Waals surface area contributed by atoms with E-state index in [0.717, 1.165) is 0 Å². The Kier molecular flexibility index (Phi) is 3.45. The summed E-state index contributed by atoms with van der Waals surface area (Å²) >= 11 is 1.89. The van der Waals surface area contributed by atoms with Gasteiger partial charge >= 0.3 is 0 Å². The third-order valence-electron chi connectivity index (χ3n) is 2.21. The molecule has 18 heavy (non-hydrogen) atoms. The molecule has 0 aliphatic heterocycles. The normalized spacial score (nSPS) is 10.4. The first-order chi connectivity index (χ1) is 8.50. The number of hydrogen-bond donors (Lipinski definition) is 1. The van der Waals surface area contributed by atoms with Crippen LogP contribution in [0.25, 0.3) is 5.82 Å². The predicted octanol–water partition coefficient (Wildman–Crippen LogP) is 0.262. The minimum Gasteiger partial charge on any atom is -0.343 e. The molecule has 0 radical (unpaired) electrons. The summed E-state index contributed by atoms with van der Waals surface area (Å²) in [4.78, 5) is 31.1. The fourth-order valence-corrected chi connectivity index (χ4v) is 1.86. The molecule has 0 spiro atoms. The van der Waals surface area contributed by atoms with Gasteiger partial charge in [-0.3, -0.25) is 9.59 Å². The van der Waals surface area contributed by atoms with Gasteiger partial charge in [-0.1, -0.05) is 0 Å². The summed E-state index contributed by atoms with van der Waals surface area (Å²) < 4.78 is 1.83. The van der Waals surface area contributed by atoms with Crippen LogP contribution in [0.15, 0.2) is 23.4 Å². The van der Waals surface area contributed by atoms with Crippen molar-refractivity contribution in [1.82, 2.24) is 24.6 Å². The lowest BCUT2D eigenvalue weighted by atomic mass is 10.4. The van der Waals surface area contributed by atoms with Crippen LogP contribution in [0.1, 0.15) is 10.5 Å². The Balaban J connectivity index is 2.45. The number of nitrogens with one attached hydrogen (secondary N) is 1. The van der Waals surface area contributed by atoms with Crippen LogP contribution in [-0.2, 0) is 0 Å². The van der Waals surface area contributed by atoms with Crippen LogP contribution in [0, 0.1) is 3.57 Å². The van der Waals surface area contributed by atoms with Crippen LogP contribution in [0.5, 0.6) is 0 Å². The van der Waals surface area contributed by atoms with Crippen LogP contribution in [0.2, 0.25) is 0 Å². The van der Waals surface area contributed by atoms with Gasteiger partial charge in [0, 0.05) is 20.3 Å². The van der Waals surface area contributed by atoms with E-state index in [1.807, 2.05) is 22.6 Å². The van der Waals surface area contributed by atoms with Crippen molar-refractivity contribution in [1.29, 1.82) is 0 Å². The lowest BCUT2D eigenvalue weighted by Gasteiger charge is -2.07. The molecule has 2 aromatic heterocycles. The minimum absolute atomic E-state index is 0.200. The van der Waals surface area contributed by atoms with E-state index in [1.165, 1.54) is 15.9 Å². The van der Waals surface area contributed by atoms with Gasteiger partial charge in [-0.15, -0.1) is 0 Å². The van der Waals surface area contributed by atoms with Crippen molar-refractivity contribution in [3.63, 3.8) is 0 Å². The van der Waals surface area contributed by atoms with Gasteiger partial charge in [0.1, 0.15) is 3.57 Å². The van der Waals surface area contributed by atoms with Crippen LogP contribution in [0.3, 0.4) is 0 Å². The molecule has 0 aliphatic carbocycles. The number of aromatic amines is 1. The molecule has 0 fully saturated rings. The number of amides is 1. The van der Waals surface area contributed by atoms with Crippen molar-refractivity contribution in [3.05, 3.63) is 38.2 Å². The monoisotopic (exact) mass is 359 g/mol. The third kappa shape index (κ3) is 2.28. The van der Waals surface area contributed by atoms with Crippen molar-refractivity contribution < 1.29 is 4.79 Å². The van der Waals surface area contributed by atoms with E-state index in [2.05, 4.69) is 15.1 Å². The number of H-pyrrole nitrogens is 1. The van der Waals surface area contributed by atoms with Gasteiger partial charge in [-0.2, -0.15) is 5.10 Å².